The third-order valence-corrected chi connectivity index (χ3v) is 6.42. The smallest absolute Gasteiger partial charge is 0.224 e. The number of nitrogens with one attached hydrogen (secondary N) is 1. The number of amides is 1. The molecule has 1 heterocycles. The Hall–Kier alpha value is -3.04. The Kier molecular flexibility index (Phi) is 7.54. The van der Waals surface area contributed by atoms with Gasteiger partial charge in [0.15, 0.2) is 0 Å². The fourth-order valence-electron chi connectivity index (χ4n) is 3.45. The van der Waals surface area contributed by atoms with E-state index in [2.05, 4.69) is 48.5 Å². The van der Waals surface area contributed by atoms with Crippen LogP contribution in [0.2, 0.25) is 0 Å². The molecule has 0 unspecified atom stereocenters. The van der Waals surface area contributed by atoms with Crippen LogP contribution in [-0.4, -0.2) is 15.7 Å². The Morgan fingerprint density at radius 1 is 1.06 bits per heavy atom. The Bertz CT molecular complexity index is 1110. The van der Waals surface area contributed by atoms with Crippen molar-refractivity contribution >= 4 is 23.4 Å². The van der Waals surface area contributed by atoms with Gasteiger partial charge < -0.3 is 5.32 Å². The van der Waals surface area contributed by atoms with Crippen molar-refractivity contribution in [2.45, 2.75) is 63.3 Å². The Morgan fingerprint density at radius 2 is 1.77 bits per heavy atom. The van der Waals surface area contributed by atoms with Crippen molar-refractivity contribution in [3.63, 3.8) is 0 Å². The van der Waals surface area contributed by atoms with Crippen LogP contribution in [0.5, 0.6) is 0 Å². The molecule has 160 valence electrons. The molecule has 0 aliphatic rings. The summed E-state index contributed by atoms with van der Waals surface area (Å²) in [6, 6.07) is 16.6. The van der Waals surface area contributed by atoms with Gasteiger partial charge in [-0.1, -0.05) is 17.8 Å². The lowest BCUT2D eigenvalue weighted by Gasteiger charge is -2.08. The van der Waals surface area contributed by atoms with Crippen LogP contribution in [0.15, 0.2) is 52.3 Å². The summed E-state index contributed by atoms with van der Waals surface area (Å²) in [6.07, 6.45) is 1.46. The van der Waals surface area contributed by atoms with Gasteiger partial charge in [0.05, 0.1) is 24.7 Å². The Labute approximate surface area is 188 Å². The lowest BCUT2D eigenvalue weighted by atomic mass is 10.1. The molecule has 3 aromatic rings. The monoisotopic (exact) mass is 432 g/mol. The fourth-order valence-corrected chi connectivity index (χ4v) is 4.37. The number of aromatic nitrogens is 2. The molecule has 5 nitrogen and oxygen atoms in total. The zero-order chi connectivity index (χ0) is 22.4. The quantitative estimate of drug-likeness (QED) is 0.492. The van der Waals surface area contributed by atoms with Crippen molar-refractivity contribution in [2.24, 2.45) is 0 Å². The molecule has 3 rings (SSSR count). The minimum absolute atomic E-state index is 0.0156. The highest BCUT2D eigenvalue weighted by Gasteiger charge is 2.13. The normalized spacial score (nSPS) is 10.7. The number of hydrogen-bond donors (Lipinski definition) is 1. The molecule has 1 N–H and O–H groups in total. The number of carbonyl (C=O) groups is 1. The third kappa shape index (κ3) is 5.99. The summed E-state index contributed by atoms with van der Waals surface area (Å²) in [6.45, 7) is 8.77. The molecule has 0 bridgehead atoms. The van der Waals surface area contributed by atoms with E-state index in [1.54, 1.807) is 11.8 Å². The largest absolute Gasteiger partial charge is 0.326 e. The molecule has 6 heteroatoms. The summed E-state index contributed by atoms with van der Waals surface area (Å²) in [4.78, 5) is 14.8. The second-order valence-electron chi connectivity index (χ2n) is 7.70. The molecule has 0 radical (unpaired) electrons. The molecule has 1 amide bonds. The van der Waals surface area contributed by atoms with Gasteiger partial charge in [0.2, 0.25) is 5.91 Å². The van der Waals surface area contributed by atoms with Gasteiger partial charge in [0, 0.05) is 27.6 Å². The van der Waals surface area contributed by atoms with E-state index in [-0.39, 0.29) is 5.91 Å². The van der Waals surface area contributed by atoms with Crippen LogP contribution in [0, 0.1) is 39.0 Å². The molecule has 0 spiro atoms. The van der Waals surface area contributed by atoms with Crippen molar-refractivity contribution in [3.8, 4) is 6.07 Å². The maximum Gasteiger partial charge on any atom is 0.224 e. The second-order valence-corrected chi connectivity index (χ2v) is 8.85. The van der Waals surface area contributed by atoms with Gasteiger partial charge in [0.25, 0.3) is 0 Å². The van der Waals surface area contributed by atoms with Crippen LogP contribution in [-0.2, 0) is 17.8 Å². The summed E-state index contributed by atoms with van der Waals surface area (Å²) < 4.78 is 1.86. The highest BCUT2D eigenvalue weighted by atomic mass is 32.2. The molecule has 0 aliphatic heterocycles. The van der Waals surface area contributed by atoms with E-state index < -0.39 is 0 Å². The summed E-state index contributed by atoms with van der Waals surface area (Å²) in [5.41, 5.74) is 6.43. The molecule has 2 aromatic carbocycles. The molecular formula is C25H28N4OS. The van der Waals surface area contributed by atoms with Crippen LogP contribution >= 0.6 is 11.8 Å². The number of aryl methyl sites for hydroxylation is 4. The van der Waals surface area contributed by atoms with Crippen LogP contribution in [0.1, 0.15) is 40.9 Å². The summed E-state index contributed by atoms with van der Waals surface area (Å²) in [7, 11) is 0. The second kappa shape index (κ2) is 10.3. The van der Waals surface area contributed by atoms with E-state index in [0.717, 1.165) is 27.5 Å². The first-order valence-electron chi connectivity index (χ1n) is 10.4. The molecule has 0 atom stereocenters. The van der Waals surface area contributed by atoms with Gasteiger partial charge in [-0.05, 0) is 87.2 Å². The average Bonchev–Trinajstić information content (AvgIpc) is 3.01. The number of rotatable bonds is 8. The Balaban J connectivity index is 1.54. The summed E-state index contributed by atoms with van der Waals surface area (Å²) >= 11 is 1.71. The minimum Gasteiger partial charge on any atom is -0.326 e. The number of carbonyl (C=O) groups excluding carboxylic acids is 1. The van der Waals surface area contributed by atoms with Crippen molar-refractivity contribution in [1.29, 1.82) is 5.26 Å². The average molecular weight is 433 g/mol. The van der Waals surface area contributed by atoms with Crippen molar-refractivity contribution < 1.29 is 4.79 Å². The zero-order valence-electron chi connectivity index (χ0n) is 18.5. The van der Waals surface area contributed by atoms with Crippen LogP contribution in [0.3, 0.4) is 0 Å². The third-order valence-electron chi connectivity index (χ3n) is 5.42. The van der Waals surface area contributed by atoms with E-state index in [0.29, 0.717) is 25.8 Å². The predicted molar refractivity (Wildman–Crippen MR) is 125 cm³/mol. The zero-order valence-corrected chi connectivity index (χ0v) is 19.3. The summed E-state index contributed by atoms with van der Waals surface area (Å²) in [5.74, 6) is -0.0156. The molecule has 0 saturated heterocycles. The first-order valence-corrected chi connectivity index (χ1v) is 11.2. The molecule has 0 saturated carbocycles. The van der Waals surface area contributed by atoms with Gasteiger partial charge in [-0.25, -0.2) is 0 Å². The molecular weight excluding hydrogens is 404 g/mol. The topological polar surface area (TPSA) is 70.7 Å². The highest BCUT2D eigenvalue weighted by Crippen LogP contribution is 2.30. The van der Waals surface area contributed by atoms with Crippen molar-refractivity contribution in [3.05, 3.63) is 70.5 Å². The van der Waals surface area contributed by atoms with Gasteiger partial charge in [-0.2, -0.15) is 10.4 Å². The van der Waals surface area contributed by atoms with E-state index in [9.17, 15) is 4.79 Å². The minimum atomic E-state index is -0.0156. The Morgan fingerprint density at radius 3 is 2.45 bits per heavy atom. The number of nitriles is 1. The maximum absolute atomic E-state index is 12.4. The van der Waals surface area contributed by atoms with Gasteiger partial charge in [-0.15, -0.1) is 0 Å². The number of anilines is 1. The molecule has 0 fully saturated rings. The van der Waals surface area contributed by atoms with E-state index in [4.69, 9.17) is 5.26 Å². The molecule has 31 heavy (non-hydrogen) atoms. The van der Waals surface area contributed by atoms with Gasteiger partial charge in [0.1, 0.15) is 0 Å². The SMILES string of the molecule is Cc1ccc(Sc2ccc(NC(=O)CCc3c(C)nn(CCC#N)c3C)cc2)cc1C. The number of nitrogens with zero attached hydrogens (tertiary/aromatic N) is 3. The van der Waals surface area contributed by atoms with E-state index in [1.807, 2.05) is 42.8 Å². The van der Waals surface area contributed by atoms with Gasteiger partial charge >= 0.3 is 0 Å². The van der Waals surface area contributed by atoms with E-state index in [1.165, 1.54) is 16.0 Å². The summed E-state index contributed by atoms with van der Waals surface area (Å²) in [5, 5.41) is 16.3. The standard InChI is InChI=1S/C25H28N4OS/c1-17-6-9-23(16-18(17)2)31-22-10-7-21(8-11-22)27-25(30)13-12-24-19(3)28-29(20(24)4)15-5-14-26/h6-11,16H,5,12-13,15H2,1-4H3,(H,27,30). The predicted octanol–water partition coefficient (Wildman–Crippen LogP) is 5.75. The van der Waals surface area contributed by atoms with Crippen LogP contribution in [0.4, 0.5) is 5.69 Å². The van der Waals surface area contributed by atoms with Crippen molar-refractivity contribution in [1.82, 2.24) is 9.78 Å². The maximum atomic E-state index is 12.4. The lowest BCUT2D eigenvalue weighted by Crippen LogP contribution is -2.12. The highest BCUT2D eigenvalue weighted by molar-refractivity contribution is 7.99. The lowest BCUT2D eigenvalue weighted by molar-refractivity contribution is -0.116. The molecule has 0 aliphatic carbocycles. The first kappa shape index (κ1) is 22.6. The number of benzene rings is 2. The first-order chi connectivity index (χ1) is 14.9. The fraction of sp³-hybridized carbons (Fsp3) is 0.320. The van der Waals surface area contributed by atoms with E-state index >= 15 is 0 Å². The molecule has 1 aromatic heterocycles. The van der Waals surface area contributed by atoms with Crippen LogP contribution < -0.4 is 5.32 Å². The number of hydrogen-bond acceptors (Lipinski definition) is 4. The van der Waals surface area contributed by atoms with Crippen molar-refractivity contribution in [2.75, 3.05) is 5.32 Å². The van der Waals surface area contributed by atoms with Crippen LogP contribution in [0.25, 0.3) is 0 Å². The van der Waals surface area contributed by atoms with Gasteiger partial charge in [-0.3, -0.25) is 9.48 Å².